The number of nitrogens with one attached hydrogen (secondary N) is 4. The monoisotopic (exact) mass is 853 g/mol. The predicted molar refractivity (Wildman–Crippen MR) is 231 cm³/mol. The fraction of sp³-hybridized carbons (Fsp3) is 0.196. The summed E-state index contributed by atoms with van der Waals surface area (Å²) in [6, 6.07) is 28.1. The number of piperazine rings is 1. The van der Waals surface area contributed by atoms with Gasteiger partial charge in [-0.15, -0.1) is 0 Å². The van der Waals surface area contributed by atoms with E-state index in [-0.39, 0.29) is 25.2 Å². The largest absolute Gasteiger partial charge is 0.337 e. The Hall–Kier alpha value is -7.73. The zero-order valence-electron chi connectivity index (χ0n) is 34.2. The molecule has 0 saturated carbocycles. The third kappa shape index (κ3) is 12.9. The summed E-state index contributed by atoms with van der Waals surface area (Å²) in [5.41, 5.74) is 7.32. The highest BCUT2D eigenvalue weighted by molar-refractivity contribution is 6.05. The minimum atomic E-state index is -0.673. The Kier molecular flexibility index (Phi) is 15.8. The summed E-state index contributed by atoms with van der Waals surface area (Å²) in [6.45, 7) is 2.21. The molecule has 1 atom stereocenters. The molecule has 8 amide bonds. The number of hydrogen-bond acceptors (Lipinski definition) is 10. The molecule has 1 saturated heterocycles. The van der Waals surface area contributed by atoms with E-state index < -0.39 is 41.7 Å². The first-order valence-corrected chi connectivity index (χ1v) is 20.1. The molecule has 324 valence electrons. The van der Waals surface area contributed by atoms with Crippen molar-refractivity contribution >= 4 is 47.8 Å². The lowest BCUT2D eigenvalue weighted by Gasteiger charge is -2.42. The van der Waals surface area contributed by atoms with Gasteiger partial charge in [0.05, 0.1) is 12.4 Å². The number of amides is 8. The fourth-order valence-electron chi connectivity index (χ4n) is 7.02. The number of imidazole rings is 1. The van der Waals surface area contributed by atoms with Gasteiger partial charge in [-0.25, -0.2) is 25.5 Å². The van der Waals surface area contributed by atoms with Crippen LogP contribution in [0.2, 0.25) is 0 Å². The van der Waals surface area contributed by atoms with Crippen molar-refractivity contribution in [3.05, 3.63) is 173 Å². The fourth-order valence-corrected chi connectivity index (χ4v) is 7.02. The van der Waals surface area contributed by atoms with Crippen molar-refractivity contribution in [1.82, 2.24) is 45.8 Å². The first-order chi connectivity index (χ1) is 30.6. The number of rotatable bonds is 15. The molecule has 1 aromatic heterocycles. The molecular formula is C46H47N9O8. The number of aryl methyl sites for hydroxylation is 1. The molecule has 1 aliphatic rings. The quantitative estimate of drug-likeness (QED) is 0.0482. The Morgan fingerprint density at radius 1 is 0.730 bits per heavy atom. The molecule has 0 aliphatic carbocycles. The number of hydrogen-bond donors (Lipinski definition) is 6. The number of nitrogens with zero attached hydrogens (tertiary/aromatic N) is 5. The molecule has 17 heteroatoms. The summed E-state index contributed by atoms with van der Waals surface area (Å²) >= 11 is 0. The van der Waals surface area contributed by atoms with Crippen LogP contribution < -0.4 is 21.6 Å². The minimum Gasteiger partial charge on any atom is -0.337 e. The lowest BCUT2D eigenvalue weighted by molar-refractivity contribution is -0.124. The summed E-state index contributed by atoms with van der Waals surface area (Å²) in [4.78, 5) is 87.1. The zero-order chi connectivity index (χ0) is 44.6. The molecule has 0 bridgehead atoms. The maximum Gasteiger partial charge on any atom is 0.324 e. The molecule has 6 N–H and O–H groups in total. The number of benzene rings is 4. The lowest BCUT2D eigenvalue weighted by atomic mass is 9.95. The Bertz CT molecular complexity index is 2420. The van der Waals surface area contributed by atoms with Crippen molar-refractivity contribution < 1.29 is 39.2 Å². The number of carbonyl (C=O) groups is 6. The van der Waals surface area contributed by atoms with Gasteiger partial charge in [0.2, 0.25) is 0 Å². The van der Waals surface area contributed by atoms with Gasteiger partial charge in [-0.3, -0.25) is 45.1 Å². The molecule has 17 nitrogen and oxygen atoms in total. The number of imide groups is 2. The van der Waals surface area contributed by atoms with E-state index >= 15 is 0 Å². The van der Waals surface area contributed by atoms with E-state index in [1.54, 1.807) is 113 Å². The van der Waals surface area contributed by atoms with E-state index in [0.29, 0.717) is 49.3 Å². The maximum atomic E-state index is 14.2. The predicted octanol–water partition coefficient (Wildman–Crippen LogP) is 4.77. The molecule has 1 fully saturated rings. The van der Waals surface area contributed by atoms with E-state index in [1.165, 1.54) is 23.1 Å². The summed E-state index contributed by atoms with van der Waals surface area (Å²) in [5.74, 6) is -2.52. The second-order valence-electron chi connectivity index (χ2n) is 14.6. The average Bonchev–Trinajstić information content (AvgIpc) is 3.84. The maximum absolute atomic E-state index is 14.2. The van der Waals surface area contributed by atoms with Crippen LogP contribution in [0.15, 0.2) is 134 Å². The smallest absolute Gasteiger partial charge is 0.324 e. The normalized spacial score (nSPS) is 14.0. The summed E-state index contributed by atoms with van der Waals surface area (Å²) in [6.07, 6.45) is 11.2. The van der Waals surface area contributed by atoms with E-state index in [9.17, 15) is 28.8 Å². The topological polar surface area (TPSA) is 219 Å². The number of hydroxylamine groups is 2. The minimum absolute atomic E-state index is 0.111. The van der Waals surface area contributed by atoms with Crippen LogP contribution in [0.5, 0.6) is 0 Å². The third-order valence-corrected chi connectivity index (χ3v) is 10.3. The van der Waals surface area contributed by atoms with Crippen molar-refractivity contribution in [2.24, 2.45) is 0 Å². The Morgan fingerprint density at radius 2 is 1.37 bits per heavy atom. The molecule has 2 heterocycles. The molecular weight excluding hydrogens is 807 g/mol. The summed E-state index contributed by atoms with van der Waals surface area (Å²) in [7, 11) is 0. The standard InChI is InChI=1S/C46H47N9O8/c56-41(50-62)21-19-33-11-15-35(16-12-33)29-53-27-28-55(45(60)48-43(58)37-7-2-1-3-8-37)31-40(53)38-9-4-5-10-39(38)44(59)49-46(61)54(25-6-24-52-26-23-47-32-52)30-36-17-13-34(14-18-36)20-22-42(57)51-63/h1-5,7-23,26,32,40,62-63H,6,24-25,27-31H2,(H,50,56)(H,51,57)(H,48,58,60)(H,49,59,61)/b21-19+,22-20+. The summed E-state index contributed by atoms with van der Waals surface area (Å²) in [5, 5.41) is 22.7. The van der Waals surface area contributed by atoms with Gasteiger partial charge in [-0.2, -0.15) is 0 Å². The summed E-state index contributed by atoms with van der Waals surface area (Å²) < 4.78 is 1.89. The van der Waals surface area contributed by atoms with Gasteiger partial charge >= 0.3 is 12.1 Å². The van der Waals surface area contributed by atoms with Crippen LogP contribution in [0.3, 0.4) is 0 Å². The van der Waals surface area contributed by atoms with Crippen LogP contribution in [-0.4, -0.2) is 96.5 Å². The van der Waals surface area contributed by atoms with Gasteiger partial charge in [0.15, 0.2) is 0 Å². The van der Waals surface area contributed by atoms with Crippen LogP contribution in [-0.2, 0) is 29.2 Å². The lowest BCUT2D eigenvalue weighted by Crippen LogP contribution is -2.54. The van der Waals surface area contributed by atoms with Crippen LogP contribution in [0.25, 0.3) is 12.2 Å². The van der Waals surface area contributed by atoms with Gasteiger partial charge in [-0.05, 0) is 64.6 Å². The molecule has 0 radical (unpaired) electrons. The molecule has 63 heavy (non-hydrogen) atoms. The Morgan fingerprint density at radius 3 is 2.00 bits per heavy atom. The van der Waals surface area contributed by atoms with Crippen LogP contribution in [0.1, 0.15) is 61.0 Å². The van der Waals surface area contributed by atoms with Crippen molar-refractivity contribution in [2.45, 2.75) is 32.1 Å². The van der Waals surface area contributed by atoms with Crippen molar-refractivity contribution in [2.75, 3.05) is 26.2 Å². The van der Waals surface area contributed by atoms with Gasteiger partial charge in [-0.1, -0.05) is 84.9 Å². The van der Waals surface area contributed by atoms with Crippen molar-refractivity contribution in [3.8, 4) is 0 Å². The van der Waals surface area contributed by atoms with Crippen molar-refractivity contribution in [1.29, 1.82) is 0 Å². The van der Waals surface area contributed by atoms with Gasteiger partial charge in [0, 0.05) is 81.5 Å². The Labute approximate surface area is 363 Å². The highest BCUT2D eigenvalue weighted by Gasteiger charge is 2.34. The van der Waals surface area contributed by atoms with Crippen LogP contribution >= 0.6 is 0 Å². The molecule has 0 spiro atoms. The highest BCUT2D eigenvalue weighted by atomic mass is 16.5. The molecule has 6 rings (SSSR count). The number of carbonyl (C=O) groups excluding carboxylic acids is 6. The van der Waals surface area contributed by atoms with E-state index in [1.807, 2.05) is 35.0 Å². The number of aromatic nitrogens is 2. The number of urea groups is 2. The van der Waals surface area contributed by atoms with E-state index in [2.05, 4.69) is 20.5 Å². The third-order valence-electron chi connectivity index (χ3n) is 10.3. The highest BCUT2D eigenvalue weighted by Crippen LogP contribution is 2.30. The average molecular weight is 854 g/mol. The molecule has 1 aliphatic heterocycles. The van der Waals surface area contributed by atoms with E-state index in [0.717, 1.165) is 16.7 Å². The Balaban J connectivity index is 1.23. The second kappa shape index (κ2) is 22.2. The second-order valence-corrected chi connectivity index (χ2v) is 14.6. The van der Waals surface area contributed by atoms with Gasteiger partial charge < -0.3 is 14.4 Å². The molecule has 4 aromatic carbocycles. The van der Waals surface area contributed by atoms with Crippen molar-refractivity contribution in [3.63, 3.8) is 0 Å². The van der Waals surface area contributed by atoms with Gasteiger partial charge in [0.25, 0.3) is 23.6 Å². The molecule has 1 unspecified atom stereocenters. The SMILES string of the molecule is O=C(/C=C/c1ccc(CN(CCCn2ccnc2)C(=O)NC(=O)c2ccccc2C2CN(C(=O)NC(=O)c3ccccc3)CCN2Cc2ccc(/C=C/C(=O)NO)cc2)cc1)NO. The first kappa shape index (κ1) is 44.8. The van der Waals surface area contributed by atoms with Gasteiger partial charge in [0.1, 0.15) is 0 Å². The van der Waals surface area contributed by atoms with Crippen LogP contribution in [0, 0.1) is 0 Å². The van der Waals surface area contributed by atoms with E-state index in [4.69, 9.17) is 10.4 Å². The van der Waals surface area contributed by atoms with Crippen LogP contribution in [0.4, 0.5) is 9.59 Å². The zero-order valence-corrected chi connectivity index (χ0v) is 34.2. The molecule has 5 aromatic rings. The first-order valence-electron chi connectivity index (χ1n) is 20.1.